The van der Waals surface area contributed by atoms with Crippen molar-refractivity contribution in [2.24, 2.45) is 0 Å². The molecule has 1 N–H and O–H groups in total. The van der Waals surface area contributed by atoms with Crippen molar-refractivity contribution in [1.82, 2.24) is 5.32 Å². The number of carbonyl (C=O) groups excluding carboxylic acids is 1. The van der Waals surface area contributed by atoms with Gasteiger partial charge in [0, 0.05) is 0 Å². The number of carbonyl (C=O) groups is 1. The second-order valence-electron chi connectivity index (χ2n) is 5.07. The van der Waals surface area contributed by atoms with Gasteiger partial charge < -0.3 is 14.8 Å². The average molecular weight is 279 g/mol. The van der Waals surface area contributed by atoms with E-state index in [9.17, 15) is 4.79 Å². The van der Waals surface area contributed by atoms with E-state index >= 15 is 0 Å². The monoisotopic (exact) mass is 279 g/mol. The Labute approximate surface area is 121 Å². The fourth-order valence-corrected chi connectivity index (χ4v) is 1.87. The molecule has 0 saturated heterocycles. The molecule has 1 aromatic carbocycles. The summed E-state index contributed by atoms with van der Waals surface area (Å²) >= 11 is 0. The van der Waals surface area contributed by atoms with E-state index in [1.165, 1.54) is 5.56 Å². The third-order valence-corrected chi connectivity index (χ3v) is 3.39. The number of rotatable bonds is 8. The Morgan fingerprint density at radius 2 is 1.95 bits per heavy atom. The largest absolute Gasteiger partial charge is 0.494 e. The second kappa shape index (κ2) is 7.90. The van der Waals surface area contributed by atoms with Gasteiger partial charge in [0.15, 0.2) is 0 Å². The number of likely N-dealkylation sites (N-methyl/N-ethyl adjacent to an activating group) is 1. The first-order valence-corrected chi connectivity index (χ1v) is 7.07. The van der Waals surface area contributed by atoms with Crippen molar-refractivity contribution in [2.45, 2.75) is 39.2 Å². The summed E-state index contributed by atoms with van der Waals surface area (Å²) in [5, 5.41) is 3.04. The highest BCUT2D eigenvalue weighted by atomic mass is 16.5. The van der Waals surface area contributed by atoms with Crippen LogP contribution < -0.4 is 10.1 Å². The van der Waals surface area contributed by atoms with Gasteiger partial charge in [-0.2, -0.15) is 0 Å². The van der Waals surface area contributed by atoms with Gasteiger partial charge in [-0.25, -0.2) is 0 Å². The molecule has 4 heteroatoms. The van der Waals surface area contributed by atoms with Crippen LogP contribution in [0, 0.1) is 6.92 Å². The molecule has 0 aliphatic rings. The molecule has 0 fully saturated rings. The van der Waals surface area contributed by atoms with Crippen LogP contribution in [0.25, 0.3) is 0 Å². The molecule has 0 aliphatic heterocycles. The molecule has 0 radical (unpaired) electrons. The van der Waals surface area contributed by atoms with Crippen LogP contribution in [0.3, 0.4) is 0 Å². The topological polar surface area (TPSA) is 47.6 Å². The van der Waals surface area contributed by atoms with Crippen LogP contribution in [0.4, 0.5) is 0 Å². The molecule has 20 heavy (non-hydrogen) atoms. The summed E-state index contributed by atoms with van der Waals surface area (Å²) in [6.07, 6.45) is 1.46. The van der Waals surface area contributed by atoms with Crippen molar-refractivity contribution in [3.05, 3.63) is 29.8 Å². The minimum absolute atomic E-state index is 0.210. The summed E-state index contributed by atoms with van der Waals surface area (Å²) in [7, 11) is 1.78. The Kier molecular flexibility index (Phi) is 6.52. The van der Waals surface area contributed by atoms with Gasteiger partial charge in [0.05, 0.1) is 13.2 Å². The fraction of sp³-hybridized carbons (Fsp3) is 0.562. The van der Waals surface area contributed by atoms with E-state index in [1.807, 2.05) is 45.0 Å². The van der Waals surface area contributed by atoms with Crippen LogP contribution in [0.1, 0.15) is 32.3 Å². The molecule has 1 unspecified atom stereocenters. The van der Waals surface area contributed by atoms with Crippen LogP contribution in [0.5, 0.6) is 5.75 Å². The molecule has 1 atom stereocenters. The van der Waals surface area contributed by atoms with Crippen molar-refractivity contribution in [3.8, 4) is 5.75 Å². The third kappa shape index (κ3) is 4.85. The first-order chi connectivity index (χ1) is 9.51. The van der Waals surface area contributed by atoms with E-state index in [2.05, 4.69) is 5.32 Å². The molecule has 1 aromatic rings. The molecule has 0 amide bonds. The Morgan fingerprint density at radius 1 is 1.30 bits per heavy atom. The van der Waals surface area contributed by atoms with E-state index in [-0.39, 0.29) is 5.97 Å². The highest BCUT2D eigenvalue weighted by Crippen LogP contribution is 2.16. The Bertz CT molecular complexity index is 416. The minimum Gasteiger partial charge on any atom is -0.494 e. The molecule has 112 valence electrons. The average Bonchev–Trinajstić information content (AvgIpc) is 2.45. The van der Waals surface area contributed by atoms with E-state index in [1.54, 1.807) is 7.05 Å². The van der Waals surface area contributed by atoms with Crippen LogP contribution >= 0.6 is 0 Å². The highest BCUT2D eigenvalue weighted by molar-refractivity contribution is 5.80. The van der Waals surface area contributed by atoms with Gasteiger partial charge in [-0.1, -0.05) is 17.7 Å². The van der Waals surface area contributed by atoms with E-state index in [0.29, 0.717) is 19.6 Å². The molecule has 0 spiro atoms. The highest BCUT2D eigenvalue weighted by Gasteiger charge is 2.32. The molecule has 4 nitrogen and oxygen atoms in total. The van der Waals surface area contributed by atoms with Crippen LogP contribution in [-0.2, 0) is 9.53 Å². The predicted octanol–water partition coefficient (Wildman–Crippen LogP) is 2.70. The lowest BCUT2D eigenvalue weighted by molar-refractivity contribution is -0.150. The molecule has 0 heterocycles. The zero-order valence-corrected chi connectivity index (χ0v) is 12.9. The molecular weight excluding hydrogens is 254 g/mol. The maximum atomic E-state index is 11.9. The fourth-order valence-electron chi connectivity index (χ4n) is 1.87. The standard InChI is InChI=1S/C16H25NO3/c1-5-19-15(18)16(3,17-4)11-6-12-20-14-9-7-13(2)8-10-14/h7-10,17H,5-6,11-12H2,1-4H3. The summed E-state index contributed by atoms with van der Waals surface area (Å²) in [6, 6.07) is 7.95. The molecule has 1 rings (SSSR count). The SMILES string of the molecule is CCOC(=O)C(C)(CCCOc1ccc(C)cc1)NC. The molecule has 0 aliphatic carbocycles. The number of esters is 1. The molecule has 0 bridgehead atoms. The summed E-state index contributed by atoms with van der Waals surface area (Å²) in [4.78, 5) is 11.9. The predicted molar refractivity (Wildman–Crippen MR) is 80.0 cm³/mol. The van der Waals surface area contributed by atoms with Gasteiger partial charge in [0.1, 0.15) is 11.3 Å². The van der Waals surface area contributed by atoms with Crippen molar-refractivity contribution in [2.75, 3.05) is 20.3 Å². The first kappa shape index (κ1) is 16.5. The number of hydrogen-bond donors (Lipinski definition) is 1. The maximum Gasteiger partial charge on any atom is 0.326 e. The lowest BCUT2D eigenvalue weighted by Gasteiger charge is -2.26. The van der Waals surface area contributed by atoms with Crippen molar-refractivity contribution in [1.29, 1.82) is 0 Å². The van der Waals surface area contributed by atoms with Crippen molar-refractivity contribution < 1.29 is 14.3 Å². The lowest BCUT2D eigenvalue weighted by Crippen LogP contribution is -2.48. The van der Waals surface area contributed by atoms with E-state index < -0.39 is 5.54 Å². The van der Waals surface area contributed by atoms with Crippen LogP contribution in [0.2, 0.25) is 0 Å². The van der Waals surface area contributed by atoms with Gasteiger partial charge in [0.2, 0.25) is 0 Å². The zero-order chi connectivity index (χ0) is 15.0. The minimum atomic E-state index is -0.646. The molecular formula is C16H25NO3. The van der Waals surface area contributed by atoms with Gasteiger partial charge in [0.25, 0.3) is 0 Å². The van der Waals surface area contributed by atoms with E-state index in [0.717, 1.165) is 12.2 Å². The van der Waals surface area contributed by atoms with E-state index in [4.69, 9.17) is 9.47 Å². The maximum absolute atomic E-state index is 11.9. The smallest absolute Gasteiger partial charge is 0.326 e. The number of benzene rings is 1. The van der Waals surface area contributed by atoms with Crippen molar-refractivity contribution in [3.63, 3.8) is 0 Å². The van der Waals surface area contributed by atoms with Crippen molar-refractivity contribution >= 4 is 5.97 Å². The Balaban J connectivity index is 2.38. The number of aryl methyl sites for hydroxylation is 1. The lowest BCUT2D eigenvalue weighted by atomic mass is 9.96. The molecule has 0 aromatic heterocycles. The second-order valence-corrected chi connectivity index (χ2v) is 5.07. The summed E-state index contributed by atoms with van der Waals surface area (Å²) in [5.74, 6) is 0.649. The summed E-state index contributed by atoms with van der Waals surface area (Å²) in [5.41, 5.74) is 0.564. The van der Waals surface area contributed by atoms with Gasteiger partial charge >= 0.3 is 5.97 Å². The molecule has 0 saturated carbocycles. The third-order valence-electron chi connectivity index (χ3n) is 3.39. The Hall–Kier alpha value is -1.55. The first-order valence-electron chi connectivity index (χ1n) is 7.07. The number of nitrogens with one attached hydrogen (secondary N) is 1. The van der Waals surface area contributed by atoms with Gasteiger partial charge in [-0.3, -0.25) is 4.79 Å². The summed E-state index contributed by atoms with van der Waals surface area (Å²) < 4.78 is 10.7. The quantitative estimate of drug-likeness (QED) is 0.587. The zero-order valence-electron chi connectivity index (χ0n) is 12.9. The van der Waals surface area contributed by atoms with Crippen LogP contribution in [0.15, 0.2) is 24.3 Å². The Morgan fingerprint density at radius 3 is 2.50 bits per heavy atom. The summed E-state index contributed by atoms with van der Waals surface area (Å²) in [6.45, 7) is 6.70. The normalized spacial score (nSPS) is 13.6. The van der Waals surface area contributed by atoms with Gasteiger partial charge in [-0.05, 0) is 52.8 Å². The number of ether oxygens (including phenoxy) is 2. The van der Waals surface area contributed by atoms with Crippen LogP contribution in [-0.4, -0.2) is 31.8 Å². The number of hydrogen-bond acceptors (Lipinski definition) is 4. The van der Waals surface area contributed by atoms with Gasteiger partial charge in [-0.15, -0.1) is 0 Å².